The van der Waals surface area contributed by atoms with E-state index in [9.17, 15) is 22.8 Å². The van der Waals surface area contributed by atoms with E-state index >= 15 is 0 Å². The Kier molecular flexibility index (Phi) is 7.18. The van der Waals surface area contributed by atoms with E-state index in [4.69, 9.17) is 4.74 Å². The maximum atomic E-state index is 13.3. The predicted molar refractivity (Wildman–Crippen MR) is 122 cm³/mol. The number of alkyl halides is 3. The Morgan fingerprint density at radius 1 is 1.27 bits per heavy atom. The zero-order valence-electron chi connectivity index (χ0n) is 18.2. The van der Waals surface area contributed by atoms with Gasteiger partial charge >= 0.3 is 12.1 Å². The summed E-state index contributed by atoms with van der Waals surface area (Å²) in [6.07, 6.45) is 1.31. The van der Waals surface area contributed by atoms with Crippen LogP contribution in [0, 0.1) is 0 Å². The van der Waals surface area contributed by atoms with Crippen LogP contribution in [0.25, 0.3) is 0 Å². The Labute approximate surface area is 202 Å². The van der Waals surface area contributed by atoms with Crippen molar-refractivity contribution in [2.75, 3.05) is 11.9 Å². The van der Waals surface area contributed by atoms with Crippen LogP contribution in [0.5, 0.6) is 0 Å². The number of aryl methyl sites for hydroxylation is 2. The van der Waals surface area contributed by atoms with Gasteiger partial charge < -0.3 is 10.1 Å². The second-order valence-electron chi connectivity index (χ2n) is 8.39. The van der Waals surface area contributed by atoms with E-state index in [0.717, 1.165) is 49.0 Å². The lowest BCUT2D eigenvalue weighted by molar-refractivity contribution is -0.142. The molecular weight excluding hydrogens is 523 g/mol. The molecule has 0 bridgehead atoms. The average Bonchev–Trinajstić information content (AvgIpc) is 3.44. The van der Waals surface area contributed by atoms with Crippen LogP contribution in [0.4, 0.5) is 18.2 Å². The molecule has 33 heavy (non-hydrogen) atoms. The molecule has 2 aliphatic carbocycles. The van der Waals surface area contributed by atoms with Crippen LogP contribution in [0.15, 0.2) is 4.47 Å². The van der Waals surface area contributed by atoms with Gasteiger partial charge in [-0.15, -0.1) is 11.3 Å². The monoisotopic (exact) mass is 547 g/mol. The van der Waals surface area contributed by atoms with Crippen LogP contribution >= 0.6 is 27.3 Å². The quantitative estimate of drug-likeness (QED) is 0.406. The summed E-state index contributed by atoms with van der Waals surface area (Å²) in [4.78, 5) is 26.5. The summed E-state index contributed by atoms with van der Waals surface area (Å²) >= 11 is 4.45. The van der Waals surface area contributed by atoms with Gasteiger partial charge in [0.15, 0.2) is 5.69 Å². The molecule has 0 aliphatic heterocycles. The highest BCUT2D eigenvalue weighted by molar-refractivity contribution is 9.10. The van der Waals surface area contributed by atoms with E-state index in [1.807, 2.05) is 6.92 Å². The highest BCUT2D eigenvalue weighted by Crippen LogP contribution is 2.47. The maximum absolute atomic E-state index is 13.3. The van der Waals surface area contributed by atoms with E-state index in [0.29, 0.717) is 29.3 Å². The van der Waals surface area contributed by atoms with Gasteiger partial charge in [-0.05, 0) is 66.4 Å². The first-order chi connectivity index (χ1) is 15.7. The van der Waals surface area contributed by atoms with Gasteiger partial charge in [-0.2, -0.15) is 18.3 Å². The van der Waals surface area contributed by atoms with Crippen LogP contribution in [-0.2, 0) is 35.1 Å². The number of carbonyl (C=O) groups excluding carboxylic acids is 2. The van der Waals surface area contributed by atoms with Crippen molar-refractivity contribution >= 4 is 44.1 Å². The first-order valence-electron chi connectivity index (χ1n) is 11.2. The van der Waals surface area contributed by atoms with Crippen LogP contribution in [0.2, 0.25) is 0 Å². The highest BCUT2D eigenvalue weighted by atomic mass is 79.9. The molecule has 1 fully saturated rings. The molecule has 1 amide bonds. The topological polar surface area (TPSA) is 73.2 Å². The number of nitrogens with one attached hydrogen (secondary N) is 1. The number of anilines is 1. The Bertz CT molecular complexity index is 1060. The summed E-state index contributed by atoms with van der Waals surface area (Å²) in [5, 5.41) is 7.03. The van der Waals surface area contributed by atoms with Crippen molar-refractivity contribution in [3.05, 3.63) is 31.9 Å². The third kappa shape index (κ3) is 5.29. The average molecular weight is 548 g/mol. The fraction of sp³-hybridized carbons (Fsp3) is 0.591. The number of esters is 1. The Hall–Kier alpha value is -1.88. The van der Waals surface area contributed by atoms with Crippen molar-refractivity contribution in [2.45, 2.75) is 76.9 Å². The second-order valence-corrected chi connectivity index (χ2v) is 10.3. The van der Waals surface area contributed by atoms with Gasteiger partial charge in [-0.25, -0.2) is 4.79 Å². The number of carbonyl (C=O) groups is 2. The molecule has 0 unspecified atom stereocenters. The number of hydrogen-bond acceptors (Lipinski definition) is 5. The lowest BCUT2D eigenvalue weighted by atomic mass is 9.95. The van der Waals surface area contributed by atoms with Crippen molar-refractivity contribution in [3.8, 4) is 0 Å². The molecule has 0 radical (unpaired) electrons. The first-order valence-corrected chi connectivity index (χ1v) is 12.8. The summed E-state index contributed by atoms with van der Waals surface area (Å²) in [5.74, 6) is -0.788. The van der Waals surface area contributed by atoms with Crippen molar-refractivity contribution < 1.29 is 27.5 Å². The molecule has 180 valence electrons. The molecule has 6 nitrogen and oxygen atoms in total. The number of halogens is 4. The molecule has 1 N–H and O–H groups in total. The van der Waals surface area contributed by atoms with Crippen LogP contribution in [0.3, 0.4) is 0 Å². The standard InChI is InChI=1S/C22H25BrF3N3O3S/c1-2-11-32-21(31)16-13-5-3-4-6-14(13)33-20(16)27-15(30)9-10-29-18(12-7-8-12)17(23)19(28-29)22(24,25)26/h12H,2-11H2,1H3,(H,27,30). The Morgan fingerprint density at radius 2 is 2.00 bits per heavy atom. The number of hydrogen-bond donors (Lipinski definition) is 1. The number of nitrogens with zero attached hydrogens (tertiary/aromatic N) is 2. The number of ether oxygens (including phenoxy) is 1. The largest absolute Gasteiger partial charge is 0.462 e. The van der Waals surface area contributed by atoms with Crippen molar-refractivity contribution in [1.82, 2.24) is 9.78 Å². The van der Waals surface area contributed by atoms with E-state index in [-0.39, 0.29) is 29.3 Å². The van der Waals surface area contributed by atoms with Crippen molar-refractivity contribution in [3.63, 3.8) is 0 Å². The highest BCUT2D eigenvalue weighted by Gasteiger charge is 2.41. The summed E-state index contributed by atoms with van der Waals surface area (Å²) in [7, 11) is 0. The number of thiophene rings is 1. The number of aromatic nitrogens is 2. The second kappa shape index (κ2) is 9.77. The summed E-state index contributed by atoms with van der Waals surface area (Å²) in [6.45, 7) is 2.23. The zero-order chi connectivity index (χ0) is 23.8. The fourth-order valence-electron chi connectivity index (χ4n) is 4.08. The molecule has 2 aliphatic rings. The van der Waals surface area contributed by atoms with Crippen molar-refractivity contribution in [2.24, 2.45) is 0 Å². The summed E-state index contributed by atoms with van der Waals surface area (Å²) in [5.41, 5.74) is 0.906. The zero-order valence-corrected chi connectivity index (χ0v) is 20.6. The molecule has 0 saturated heterocycles. The number of rotatable bonds is 8. The van der Waals surface area contributed by atoms with E-state index in [1.54, 1.807) is 0 Å². The SMILES string of the molecule is CCCOC(=O)c1c(NC(=O)CCn2nc(C(F)(F)F)c(Br)c2C2CC2)sc2c1CCCC2. The summed E-state index contributed by atoms with van der Waals surface area (Å²) in [6, 6.07) is 0. The maximum Gasteiger partial charge on any atom is 0.436 e. The molecule has 4 rings (SSSR count). The predicted octanol–water partition coefficient (Wildman–Crippen LogP) is 6.08. The normalized spacial score (nSPS) is 15.9. The van der Waals surface area contributed by atoms with E-state index in [2.05, 4.69) is 26.3 Å². The minimum absolute atomic E-state index is 0.0209. The minimum atomic E-state index is -4.57. The van der Waals surface area contributed by atoms with Gasteiger partial charge in [0.2, 0.25) is 5.91 Å². The third-order valence-electron chi connectivity index (χ3n) is 5.78. The molecule has 2 heterocycles. The number of amides is 1. The molecule has 0 spiro atoms. The van der Waals surface area contributed by atoms with E-state index in [1.165, 1.54) is 16.0 Å². The van der Waals surface area contributed by atoms with Gasteiger partial charge in [-0.1, -0.05) is 6.92 Å². The molecule has 11 heteroatoms. The van der Waals surface area contributed by atoms with Crippen molar-refractivity contribution in [1.29, 1.82) is 0 Å². The molecule has 2 aromatic heterocycles. The lowest BCUT2D eigenvalue weighted by Gasteiger charge is -2.12. The smallest absolute Gasteiger partial charge is 0.436 e. The van der Waals surface area contributed by atoms with Gasteiger partial charge in [0.05, 0.1) is 28.9 Å². The third-order valence-corrected chi connectivity index (χ3v) is 7.77. The minimum Gasteiger partial charge on any atom is -0.462 e. The van der Waals surface area contributed by atoms with Crippen LogP contribution in [-0.4, -0.2) is 28.3 Å². The van der Waals surface area contributed by atoms with Gasteiger partial charge in [0.25, 0.3) is 0 Å². The Balaban J connectivity index is 1.50. The molecule has 0 aromatic carbocycles. The van der Waals surface area contributed by atoms with Crippen LogP contribution < -0.4 is 5.32 Å². The lowest BCUT2D eigenvalue weighted by Crippen LogP contribution is -2.18. The molecule has 2 aromatic rings. The number of fused-ring (bicyclic) bond motifs is 1. The Morgan fingerprint density at radius 3 is 2.67 bits per heavy atom. The van der Waals surface area contributed by atoms with E-state index < -0.39 is 17.8 Å². The molecular formula is C22H25BrF3N3O3S. The molecule has 0 atom stereocenters. The van der Waals surface area contributed by atoms with Gasteiger partial charge in [0.1, 0.15) is 5.00 Å². The molecule has 1 saturated carbocycles. The van der Waals surface area contributed by atoms with Gasteiger partial charge in [0, 0.05) is 17.2 Å². The first kappa shape index (κ1) is 24.3. The fourth-order valence-corrected chi connectivity index (χ4v) is 6.21. The van der Waals surface area contributed by atoms with Gasteiger partial charge in [-0.3, -0.25) is 9.48 Å². The van der Waals surface area contributed by atoms with Crippen LogP contribution in [0.1, 0.15) is 83.6 Å². The summed E-state index contributed by atoms with van der Waals surface area (Å²) < 4.78 is 46.5.